The lowest BCUT2D eigenvalue weighted by atomic mass is 10.0. The van der Waals surface area contributed by atoms with E-state index in [0.29, 0.717) is 6.04 Å². The molecule has 0 spiro atoms. The standard InChI is InChI=1S/C11H23NOS/c1-3-8-14(13)9-11(12-2)10-6-4-5-7-10/h10-12H,3-9H2,1-2H3. The lowest BCUT2D eigenvalue weighted by molar-refractivity contribution is 0.408. The van der Waals surface area contributed by atoms with Gasteiger partial charge in [-0.25, -0.2) is 0 Å². The van der Waals surface area contributed by atoms with Crippen LogP contribution in [0.2, 0.25) is 0 Å². The van der Waals surface area contributed by atoms with E-state index in [1.54, 1.807) is 0 Å². The molecule has 0 aromatic rings. The Balaban J connectivity index is 2.33. The van der Waals surface area contributed by atoms with E-state index in [2.05, 4.69) is 12.2 Å². The van der Waals surface area contributed by atoms with Crippen LogP contribution >= 0.6 is 0 Å². The lowest BCUT2D eigenvalue weighted by Crippen LogP contribution is -2.37. The Hall–Kier alpha value is 0.110. The fraction of sp³-hybridized carbons (Fsp3) is 1.00. The van der Waals surface area contributed by atoms with E-state index in [1.165, 1.54) is 25.7 Å². The van der Waals surface area contributed by atoms with Gasteiger partial charge in [0, 0.05) is 28.3 Å². The van der Waals surface area contributed by atoms with Crippen LogP contribution in [-0.2, 0) is 10.8 Å². The van der Waals surface area contributed by atoms with Crippen LogP contribution < -0.4 is 5.32 Å². The van der Waals surface area contributed by atoms with Crippen LogP contribution in [0.25, 0.3) is 0 Å². The second-order valence-corrected chi connectivity index (χ2v) is 5.87. The highest BCUT2D eigenvalue weighted by Gasteiger charge is 2.24. The van der Waals surface area contributed by atoms with Crippen LogP contribution in [0, 0.1) is 5.92 Å². The molecule has 14 heavy (non-hydrogen) atoms. The Morgan fingerprint density at radius 1 is 1.43 bits per heavy atom. The Labute approximate surface area is 90.3 Å². The van der Waals surface area contributed by atoms with Gasteiger partial charge in [-0.1, -0.05) is 19.8 Å². The van der Waals surface area contributed by atoms with Crippen LogP contribution in [0.4, 0.5) is 0 Å². The van der Waals surface area contributed by atoms with Crippen LogP contribution in [0.15, 0.2) is 0 Å². The van der Waals surface area contributed by atoms with Crippen molar-refractivity contribution in [3.05, 3.63) is 0 Å². The molecule has 84 valence electrons. The molecule has 0 aliphatic heterocycles. The summed E-state index contributed by atoms with van der Waals surface area (Å²) in [4.78, 5) is 0. The smallest absolute Gasteiger partial charge is 0.0391 e. The van der Waals surface area contributed by atoms with E-state index in [1.807, 2.05) is 7.05 Å². The highest BCUT2D eigenvalue weighted by atomic mass is 32.2. The molecule has 2 nitrogen and oxygen atoms in total. The highest BCUT2D eigenvalue weighted by molar-refractivity contribution is 7.85. The normalized spacial score (nSPS) is 22.4. The molecule has 0 amide bonds. The predicted octanol–water partition coefficient (Wildman–Crippen LogP) is 1.92. The van der Waals surface area contributed by atoms with Crippen LogP contribution in [0.5, 0.6) is 0 Å². The Bertz CT molecular complexity index is 178. The summed E-state index contributed by atoms with van der Waals surface area (Å²) in [6.45, 7) is 2.10. The van der Waals surface area contributed by atoms with Crippen molar-refractivity contribution in [3.63, 3.8) is 0 Å². The molecule has 0 aromatic carbocycles. The Kier molecular flexibility index (Phi) is 5.71. The first-order valence-electron chi connectivity index (χ1n) is 5.80. The summed E-state index contributed by atoms with van der Waals surface area (Å²) >= 11 is 0. The third kappa shape index (κ3) is 3.70. The third-order valence-electron chi connectivity index (χ3n) is 3.14. The van der Waals surface area contributed by atoms with Gasteiger partial charge in [-0.3, -0.25) is 4.21 Å². The van der Waals surface area contributed by atoms with Crippen molar-refractivity contribution >= 4 is 10.8 Å². The maximum atomic E-state index is 11.6. The van der Waals surface area contributed by atoms with Crippen molar-refractivity contribution in [2.24, 2.45) is 5.92 Å². The van der Waals surface area contributed by atoms with Gasteiger partial charge >= 0.3 is 0 Å². The van der Waals surface area contributed by atoms with Gasteiger partial charge in [0.25, 0.3) is 0 Å². The van der Waals surface area contributed by atoms with E-state index < -0.39 is 10.8 Å². The molecule has 2 unspecified atom stereocenters. The summed E-state index contributed by atoms with van der Waals surface area (Å²) in [5.41, 5.74) is 0. The number of nitrogens with one attached hydrogen (secondary N) is 1. The highest BCUT2D eigenvalue weighted by Crippen LogP contribution is 2.27. The van der Waals surface area contributed by atoms with Gasteiger partial charge in [-0.2, -0.15) is 0 Å². The molecule has 0 bridgehead atoms. The minimum absolute atomic E-state index is 0.491. The fourth-order valence-corrected chi connectivity index (χ4v) is 3.79. The number of rotatable bonds is 6. The molecule has 0 saturated heterocycles. The van der Waals surface area contributed by atoms with Crippen molar-refractivity contribution < 1.29 is 4.21 Å². The molecule has 1 N–H and O–H groups in total. The molecule has 1 aliphatic rings. The topological polar surface area (TPSA) is 29.1 Å². The zero-order chi connectivity index (χ0) is 10.4. The summed E-state index contributed by atoms with van der Waals surface area (Å²) in [6, 6.07) is 0.491. The monoisotopic (exact) mass is 217 g/mol. The van der Waals surface area contributed by atoms with E-state index in [4.69, 9.17) is 0 Å². The molecule has 1 saturated carbocycles. The number of hydrogen-bond acceptors (Lipinski definition) is 2. The fourth-order valence-electron chi connectivity index (χ4n) is 2.33. The zero-order valence-corrected chi connectivity index (χ0v) is 10.2. The van der Waals surface area contributed by atoms with Crippen molar-refractivity contribution in [3.8, 4) is 0 Å². The van der Waals surface area contributed by atoms with Gasteiger partial charge in [-0.15, -0.1) is 0 Å². The van der Waals surface area contributed by atoms with Crippen LogP contribution in [0.3, 0.4) is 0 Å². The maximum absolute atomic E-state index is 11.6. The second kappa shape index (κ2) is 6.57. The van der Waals surface area contributed by atoms with Crippen LogP contribution in [-0.4, -0.2) is 28.8 Å². The van der Waals surface area contributed by atoms with Gasteiger partial charge in [0.1, 0.15) is 0 Å². The Morgan fingerprint density at radius 2 is 2.07 bits per heavy atom. The zero-order valence-electron chi connectivity index (χ0n) is 9.42. The maximum Gasteiger partial charge on any atom is 0.0391 e. The molecule has 1 aliphatic carbocycles. The molecule has 0 aromatic heterocycles. The molecule has 0 radical (unpaired) electrons. The summed E-state index contributed by atoms with van der Waals surface area (Å²) in [7, 11) is 1.40. The first-order valence-corrected chi connectivity index (χ1v) is 7.29. The third-order valence-corrected chi connectivity index (χ3v) is 4.73. The van der Waals surface area contributed by atoms with Crippen LogP contribution in [0.1, 0.15) is 39.0 Å². The summed E-state index contributed by atoms with van der Waals surface area (Å²) in [6.07, 6.45) is 6.42. The average Bonchev–Trinajstić information content (AvgIpc) is 2.67. The minimum Gasteiger partial charge on any atom is -0.316 e. The van der Waals surface area contributed by atoms with Gasteiger partial charge in [-0.05, 0) is 32.2 Å². The quantitative estimate of drug-likeness (QED) is 0.736. The second-order valence-electron chi connectivity index (χ2n) is 4.25. The minimum atomic E-state index is -0.609. The van der Waals surface area contributed by atoms with Crippen molar-refractivity contribution in [1.29, 1.82) is 0 Å². The molecule has 2 atom stereocenters. The SMILES string of the molecule is CCCS(=O)CC(NC)C1CCCC1. The molecule has 0 heterocycles. The first kappa shape index (κ1) is 12.2. The molecule has 3 heteroatoms. The molecular formula is C11H23NOS. The van der Waals surface area contributed by atoms with E-state index in [-0.39, 0.29) is 0 Å². The van der Waals surface area contributed by atoms with Gasteiger partial charge in [0.15, 0.2) is 0 Å². The lowest BCUT2D eigenvalue weighted by Gasteiger charge is -2.22. The van der Waals surface area contributed by atoms with E-state index >= 15 is 0 Å². The summed E-state index contributed by atoms with van der Waals surface area (Å²) in [5.74, 6) is 2.50. The first-order chi connectivity index (χ1) is 6.77. The van der Waals surface area contributed by atoms with Crippen molar-refractivity contribution in [2.45, 2.75) is 45.1 Å². The molecular weight excluding hydrogens is 194 g/mol. The Morgan fingerprint density at radius 3 is 2.57 bits per heavy atom. The molecule has 1 rings (SSSR count). The van der Waals surface area contributed by atoms with Gasteiger partial charge in [0.2, 0.25) is 0 Å². The molecule has 1 fully saturated rings. The van der Waals surface area contributed by atoms with E-state index in [9.17, 15) is 4.21 Å². The van der Waals surface area contributed by atoms with Gasteiger partial charge < -0.3 is 5.32 Å². The number of hydrogen-bond donors (Lipinski definition) is 1. The largest absolute Gasteiger partial charge is 0.316 e. The van der Waals surface area contributed by atoms with Crippen molar-refractivity contribution in [2.75, 3.05) is 18.6 Å². The van der Waals surface area contributed by atoms with Crippen molar-refractivity contribution in [1.82, 2.24) is 5.32 Å². The summed E-state index contributed by atoms with van der Waals surface area (Å²) < 4.78 is 11.6. The average molecular weight is 217 g/mol. The summed E-state index contributed by atoms with van der Waals surface area (Å²) in [5, 5.41) is 3.34. The van der Waals surface area contributed by atoms with E-state index in [0.717, 1.165) is 23.8 Å². The predicted molar refractivity (Wildman–Crippen MR) is 63.0 cm³/mol. The van der Waals surface area contributed by atoms with Gasteiger partial charge in [0.05, 0.1) is 0 Å².